The molecule has 0 spiro atoms. The Bertz CT molecular complexity index is 121. The van der Waals surface area contributed by atoms with E-state index in [2.05, 4.69) is 5.32 Å². The van der Waals surface area contributed by atoms with Gasteiger partial charge in [0, 0.05) is 23.7 Å². The number of carboxylic acid groups (broad SMARTS) is 1. The molecule has 3 N–H and O–H groups in total. The molecule has 0 amide bonds. The van der Waals surface area contributed by atoms with Gasteiger partial charge in [-0.25, -0.2) is 0 Å². The number of rotatable bonds is 6. The Morgan fingerprint density at radius 1 is 1.58 bits per heavy atom. The second-order valence-electron chi connectivity index (χ2n) is 2.36. The molecule has 0 unspecified atom stereocenters. The molecule has 0 bridgehead atoms. The van der Waals surface area contributed by atoms with Crippen LogP contribution >= 0.6 is 0 Å². The van der Waals surface area contributed by atoms with Crippen molar-refractivity contribution in [2.45, 2.75) is 25.8 Å². The normalized spacial score (nSPS) is 11.8. The van der Waals surface area contributed by atoms with Gasteiger partial charge < -0.3 is 15.5 Å². The molecule has 0 saturated heterocycles. The van der Waals surface area contributed by atoms with Crippen molar-refractivity contribution in [1.29, 1.82) is 0 Å². The number of carboxylic acids is 1. The maximum atomic E-state index is 10.4. The Labute approximate surface area is 82.8 Å². The van der Waals surface area contributed by atoms with Crippen molar-refractivity contribution in [1.82, 2.24) is 5.32 Å². The zero-order valence-corrected chi connectivity index (χ0v) is 8.83. The first kappa shape index (κ1) is 14.4. The number of carbonyl (C=O) groups is 1. The van der Waals surface area contributed by atoms with Crippen molar-refractivity contribution in [2.75, 3.05) is 13.2 Å². The first-order valence-electron chi connectivity index (χ1n) is 3.79. The standard InChI is InChI=1S/C7H15NO3.Se/c1-2-4-8-6(3-5-9)7(10)11;/h6,8-9H,2-5H2,1H3,(H,10,11);/t6-;/m0./s1. The second-order valence-corrected chi connectivity index (χ2v) is 2.36. The van der Waals surface area contributed by atoms with Crippen LogP contribution in [0.2, 0.25) is 0 Å². The molecule has 0 aliphatic rings. The van der Waals surface area contributed by atoms with Crippen molar-refractivity contribution in [3.05, 3.63) is 0 Å². The van der Waals surface area contributed by atoms with Gasteiger partial charge in [0.1, 0.15) is 6.04 Å². The molecule has 72 valence electrons. The number of aliphatic hydroxyl groups excluding tert-OH is 1. The van der Waals surface area contributed by atoms with Crippen LogP contribution < -0.4 is 5.32 Å². The van der Waals surface area contributed by atoms with E-state index in [9.17, 15) is 4.79 Å². The fourth-order valence-electron chi connectivity index (χ4n) is 0.761. The SMILES string of the molecule is CCCN[C@@H](CCO)C(=O)O.[Se]. The van der Waals surface area contributed by atoms with Gasteiger partial charge in [0.05, 0.1) is 0 Å². The molecular weight excluding hydrogens is 225 g/mol. The predicted octanol–water partition coefficient (Wildman–Crippen LogP) is -0.559. The molecule has 4 nitrogen and oxygen atoms in total. The summed E-state index contributed by atoms with van der Waals surface area (Å²) in [6, 6.07) is -0.597. The van der Waals surface area contributed by atoms with Crippen molar-refractivity contribution >= 4 is 23.0 Å². The summed E-state index contributed by atoms with van der Waals surface area (Å²) in [6.07, 6.45) is 1.17. The molecule has 2 radical (unpaired) electrons. The maximum absolute atomic E-state index is 10.4. The molecule has 12 heavy (non-hydrogen) atoms. The molecule has 1 atom stereocenters. The van der Waals surface area contributed by atoms with E-state index in [0.717, 1.165) is 6.42 Å². The van der Waals surface area contributed by atoms with E-state index in [1.807, 2.05) is 6.92 Å². The molecule has 0 aliphatic heterocycles. The van der Waals surface area contributed by atoms with Crippen LogP contribution in [-0.2, 0) is 4.79 Å². The summed E-state index contributed by atoms with van der Waals surface area (Å²) in [7, 11) is 0. The summed E-state index contributed by atoms with van der Waals surface area (Å²) in [4.78, 5) is 10.4. The van der Waals surface area contributed by atoms with Crippen molar-refractivity contribution < 1.29 is 15.0 Å². The molecule has 0 aromatic carbocycles. The monoisotopic (exact) mass is 241 g/mol. The number of aliphatic carboxylic acids is 1. The summed E-state index contributed by atoms with van der Waals surface area (Å²) in [5.41, 5.74) is 0. The summed E-state index contributed by atoms with van der Waals surface area (Å²) in [6.45, 7) is 2.55. The minimum absolute atomic E-state index is 0. The number of hydrogen-bond acceptors (Lipinski definition) is 3. The minimum Gasteiger partial charge on any atom is -0.480 e. The quantitative estimate of drug-likeness (QED) is 0.544. The fraction of sp³-hybridized carbons (Fsp3) is 0.857. The van der Waals surface area contributed by atoms with E-state index in [0.29, 0.717) is 6.54 Å². The van der Waals surface area contributed by atoms with Crippen molar-refractivity contribution in [3.8, 4) is 0 Å². The molecule has 0 fully saturated rings. The van der Waals surface area contributed by atoms with Gasteiger partial charge in [0.25, 0.3) is 0 Å². The Kier molecular flexibility index (Phi) is 10.8. The third-order valence-corrected chi connectivity index (χ3v) is 1.36. The molecule has 0 heterocycles. The third-order valence-electron chi connectivity index (χ3n) is 1.36. The van der Waals surface area contributed by atoms with Crippen molar-refractivity contribution in [3.63, 3.8) is 0 Å². The van der Waals surface area contributed by atoms with Crippen LogP contribution in [0, 0.1) is 0 Å². The van der Waals surface area contributed by atoms with Gasteiger partial charge in [0.2, 0.25) is 0 Å². The van der Waals surface area contributed by atoms with E-state index in [4.69, 9.17) is 10.2 Å². The number of aliphatic hydroxyl groups is 1. The zero-order chi connectivity index (χ0) is 8.69. The van der Waals surface area contributed by atoms with Gasteiger partial charge in [-0.3, -0.25) is 4.79 Å². The topological polar surface area (TPSA) is 69.6 Å². The number of nitrogens with one attached hydrogen (secondary N) is 1. The minimum atomic E-state index is -0.896. The smallest absolute Gasteiger partial charge is 0.320 e. The van der Waals surface area contributed by atoms with Gasteiger partial charge in [-0.15, -0.1) is 0 Å². The van der Waals surface area contributed by atoms with E-state index in [-0.39, 0.29) is 30.1 Å². The summed E-state index contributed by atoms with van der Waals surface area (Å²) < 4.78 is 0. The van der Waals surface area contributed by atoms with Gasteiger partial charge >= 0.3 is 5.97 Å². The molecule has 0 aliphatic carbocycles. The van der Waals surface area contributed by atoms with Crippen LogP contribution in [0.1, 0.15) is 19.8 Å². The van der Waals surface area contributed by atoms with Crippen LogP contribution in [0.15, 0.2) is 0 Å². The van der Waals surface area contributed by atoms with Crippen LogP contribution in [0.3, 0.4) is 0 Å². The second kappa shape index (κ2) is 9.00. The van der Waals surface area contributed by atoms with Crippen LogP contribution in [-0.4, -0.2) is 52.4 Å². The van der Waals surface area contributed by atoms with Gasteiger partial charge in [-0.2, -0.15) is 0 Å². The number of hydrogen-bond donors (Lipinski definition) is 3. The van der Waals surface area contributed by atoms with Crippen LogP contribution in [0.25, 0.3) is 0 Å². The van der Waals surface area contributed by atoms with E-state index in [1.54, 1.807) is 0 Å². The molecule has 0 aromatic heterocycles. The first-order valence-corrected chi connectivity index (χ1v) is 3.79. The van der Waals surface area contributed by atoms with E-state index in [1.165, 1.54) is 0 Å². The molecule has 0 saturated carbocycles. The zero-order valence-electron chi connectivity index (χ0n) is 7.12. The summed E-state index contributed by atoms with van der Waals surface area (Å²) in [5.74, 6) is -0.896. The maximum Gasteiger partial charge on any atom is 0.320 e. The summed E-state index contributed by atoms with van der Waals surface area (Å²) >= 11 is 0. The average molecular weight is 240 g/mol. The molecule has 0 rings (SSSR count). The van der Waals surface area contributed by atoms with Crippen LogP contribution in [0.5, 0.6) is 0 Å². The van der Waals surface area contributed by atoms with E-state index < -0.39 is 12.0 Å². The third kappa shape index (κ3) is 6.61. The largest absolute Gasteiger partial charge is 0.480 e. The van der Waals surface area contributed by atoms with Crippen LogP contribution in [0.4, 0.5) is 0 Å². The summed E-state index contributed by atoms with van der Waals surface area (Å²) in [5, 5.41) is 19.8. The average Bonchev–Trinajstić information content (AvgIpc) is 1.97. The van der Waals surface area contributed by atoms with Crippen molar-refractivity contribution in [2.24, 2.45) is 0 Å². The van der Waals surface area contributed by atoms with E-state index >= 15 is 0 Å². The van der Waals surface area contributed by atoms with Gasteiger partial charge in [-0.1, -0.05) is 6.92 Å². The van der Waals surface area contributed by atoms with Gasteiger partial charge in [-0.05, 0) is 19.4 Å². The Hall–Kier alpha value is -0.0905. The first-order chi connectivity index (χ1) is 5.22. The molecule has 5 heteroatoms. The molecule has 0 aromatic rings. The van der Waals surface area contributed by atoms with Gasteiger partial charge in [0.15, 0.2) is 0 Å². The Balaban J connectivity index is 0. The Morgan fingerprint density at radius 3 is 2.50 bits per heavy atom. The molecular formula is C7H15NO3Se. The fourth-order valence-corrected chi connectivity index (χ4v) is 0.761. The predicted molar refractivity (Wildman–Crippen MR) is 47.2 cm³/mol. The Morgan fingerprint density at radius 2 is 2.17 bits per heavy atom.